The Morgan fingerprint density at radius 3 is 2.61 bits per heavy atom. The molecule has 2 saturated heterocycles. The van der Waals surface area contributed by atoms with Crippen molar-refractivity contribution in [3.63, 3.8) is 0 Å². The predicted molar refractivity (Wildman–Crippen MR) is 90.0 cm³/mol. The van der Waals surface area contributed by atoms with Crippen LogP contribution in [-0.4, -0.2) is 52.6 Å². The van der Waals surface area contributed by atoms with E-state index in [1.807, 2.05) is 35.2 Å². The number of hydrogen-bond acceptors (Lipinski definition) is 4. The van der Waals surface area contributed by atoms with E-state index in [9.17, 15) is 9.59 Å². The molecule has 3 rings (SSSR count). The number of ether oxygens (including phenoxy) is 1. The van der Waals surface area contributed by atoms with Gasteiger partial charge in [0.1, 0.15) is 12.6 Å². The van der Waals surface area contributed by atoms with E-state index in [0.717, 1.165) is 31.5 Å². The number of rotatable bonds is 3. The number of carbonyl (C=O) groups is 2. The van der Waals surface area contributed by atoms with Crippen molar-refractivity contribution in [2.24, 2.45) is 0 Å². The van der Waals surface area contributed by atoms with Gasteiger partial charge in [0.25, 0.3) is 0 Å². The number of amides is 2. The second kappa shape index (κ2) is 7.73. The second-order valence-electron chi connectivity index (χ2n) is 5.91. The first-order valence-electron chi connectivity index (χ1n) is 8.09. The summed E-state index contributed by atoms with van der Waals surface area (Å²) in [6.07, 6.45) is 2.91. The molecule has 0 aliphatic carbocycles. The number of likely N-dealkylation sites (tertiary alicyclic amines) is 1. The Labute approximate surface area is 141 Å². The van der Waals surface area contributed by atoms with Crippen molar-refractivity contribution >= 4 is 23.8 Å². The predicted octanol–water partition coefficient (Wildman–Crippen LogP) is 2.71. The summed E-state index contributed by atoms with van der Waals surface area (Å²) in [6, 6.07) is 9.22. The molecule has 124 valence electrons. The van der Waals surface area contributed by atoms with Gasteiger partial charge in [-0.3, -0.25) is 9.69 Å². The molecule has 1 aromatic carbocycles. The molecule has 2 aliphatic rings. The highest BCUT2D eigenvalue weighted by Gasteiger charge is 2.38. The summed E-state index contributed by atoms with van der Waals surface area (Å²) >= 11 is 1.61. The Morgan fingerprint density at radius 2 is 1.87 bits per heavy atom. The van der Waals surface area contributed by atoms with E-state index in [0.29, 0.717) is 11.6 Å². The largest absolute Gasteiger partial charge is 0.445 e. The van der Waals surface area contributed by atoms with Crippen LogP contribution < -0.4 is 0 Å². The van der Waals surface area contributed by atoms with Gasteiger partial charge >= 0.3 is 6.09 Å². The Bertz CT molecular complexity index is 546. The van der Waals surface area contributed by atoms with Crippen molar-refractivity contribution in [2.45, 2.75) is 31.9 Å². The third kappa shape index (κ3) is 3.99. The highest BCUT2D eigenvalue weighted by atomic mass is 32.2. The molecular formula is C17H22N2O3S. The van der Waals surface area contributed by atoms with Gasteiger partial charge in [0, 0.05) is 18.8 Å². The standard InChI is InChI=1S/C17H22N2O3S/c20-16(18-9-5-2-6-10-18)15-12-23-13-19(15)17(21)22-11-14-7-3-1-4-8-14/h1,3-4,7-8,15H,2,5-6,9-13H2. The fraction of sp³-hybridized carbons (Fsp3) is 0.529. The van der Waals surface area contributed by atoms with Crippen molar-refractivity contribution in [3.05, 3.63) is 35.9 Å². The van der Waals surface area contributed by atoms with Crippen molar-refractivity contribution in [1.29, 1.82) is 0 Å². The topological polar surface area (TPSA) is 49.9 Å². The van der Waals surface area contributed by atoms with Crippen molar-refractivity contribution in [1.82, 2.24) is 9.80 Å². The van der Waals surface area contributed by atoms with E-state index in [1.54, 1.807) is 16.7 Å². The van der Waals surface area contributed by atoms with Crippen LogP contribution in [0, 0.1) is 0 Å². The molecule has 0 spiro atoms. The van der Waals surface area contributed by atoms with Crippen molar-refractivity contribution in [2.75, 3.05) is 24.7 Å². The quantitative estimate of drug-likeness (QED) is 0.853. The van der Waals surface area contributed by atoms with E-state index in [2.05, 4.69) is 0 Å². The van der Waals surface area contributed by atoms with Crippen molar-refractivity contribution < 1.29 is 14.3 Å². The number of thioether (sulfide) groups is 1. The van der Waals surface area contributed by atoms with E-state index < -0.39 is 6.09 Å². The maximum absolute atomic E-state index is 12.7. The molecule has 6 heteroatoms. The molecule has 0 saturated carbocycles. The lowest BCUT2D eigenvalue weighted by Gasteiger charge is -2.31. The lowest BCUT2D eigenvalue weighted by Crippen LogP contribution is -2.50. The van der Waals surface area contributed by atoms with Crippen LogP contribution >= 0.6 is 11.8 Å². The Balaban J connectivity index is 1.57. The molecule has 0 radical (unpaired) electrons. The third-order valence-electron chi connectivity index (χ3n) is 4.27. The zero-order chi connectivity index (χ0) is 16.1. The minimum absolute atomic E-state index is 0.0753. The fourth-order valence-corrected chi connectivity index (χ4v) is 4.09. The van der Waals surface area contributed by atoms with Gasteiger partial charge in [-0.15, -0.1) is 11.8 Å². The van der Waals surface area contributed by atoms with Crippen LogP contribution in [-0.2, 0) is 16.1 Å². The maximum Gasteiger partial charge on any atom is 0.411 e. The highest BCUT2D eigenvalue weighted by molar-refractivity contribution is 7.99. The molecule has 2 heterocycles. The van der Waals surface area contributed by atoms with Gasteiger partial charge in [-0.25, -0.2) is 4.79 Å². The van der Waals surface area contributed by atoms with Gasteiger partial charge in [-0.1, -0.05) is 30.3 Å². The fourth-order valence-electron chi connectivity index (χ4n) is 2.95. The second-order valence-corrected chi connectivity index (χ2v) is 6.91. The lowest BCUT2D eigenvalue weighted by atomic mass is 10.1. The molecule has 1 aromatic rings. The zero-order valence-corrected chi connectivity index (χ0v) is 14.0. The Morgan fingerprint density at radius 1 is 1.13 bits per heavy atom. The average Bonchev–Trinajstić information content (AvgIpc) is 3.10. The van der Waals surface area contributed by atoms with Crippen LogP contribution in [0.4, 0.5) is 4.79 Å². The minimum atomic E-state index is -0.394. The number of benzene rings is 1. The first kappa shape index (κ1) is 16.2. The van der Waals surface area contributed by atoms with Gasteiger partial charge in [0.15, 0.2) is 0 Å². The van der Waals surface area contributed by atoms with E-state index in [4.69, 9.17) is 4.74 Å². The van der Waals surface area contributed by atoms with Crippen LogP contribution in [0.25, 0.3) is 0 Å². The first-order valence-corrected chi connectivity index (χ1v) is 9.25. The third-order valence-corrected chi connectivity index (χ3v) is 5.29. The van der Waals surface area contributed by atoms with Crippen LogP contribution in [0.1, 0.15) is 24.8 Å². The molecule has 2 aliphatic heterocycles. The monoisotopic (exact) mass is 334 g/mol. The van der Waals surface area contributed by atoms with Gasteiger partial charge in [0.05, 0.1) is 5.88 Å². The molecule has 2 amide bonds. The molecule has 0 bridgehead atoms. The smallest absolute Gasteiger partial charge is 0.411 e. The summed E-state index contributed by atoms with van der Waals surface area (Å²) in [5, 5.41) is 0. The normalized spacial score (nSPS) is 21.3. The molecule has 5 nitrogen and oxygen atoms in total. The summed E-state index contributed by atoms with van der Waals surface area (Å²) in [5.74, 6) is 1.26. The zero-order valence-electron chi connectivity index (χ0n) is 13.1. The number of carbonyl (C=O) groups excluding carboxylic acids is 2. The lowest BCUT2D eigenvalue weighted by molar-refractivity contribution is -0.136. The maximum atomic E-state index is 12.7. The molecule has 1 atom stereocenters. The molecule has 2 fully saturated rings. The molecular weight excluding hydrogens is 312 g/mol. The summed E-state index contributed by atoms with van der Waals surface area (Å²) in [4.78, 5) is 28.5. The van der Waals surface area contributed by atoms with Gasteiger partial charge in [-0.05, 0) is 24.8 Å². The van der Waals surface area contributed by atoms with Crippen molar-refractivity contribution in [3.8, 4) is 0 Å². The van der Waals surface area contributed by atoms with Gasteiger partial charge in [0.2, 0.25) is 5.91 Å². The number of nitrogens with zero attached hydrogens (tertiary/aromatic N) is 2. The molecule has 23 heavy (non-hydrogen) atoms. The van der Waals surface area contributed by atoms with Crippen LogP contribution in [0.15, 0.2) is 30.3 Å². The van der Waals surface area contributed by atoms with Crippen LogP contribution in [0.2, 0.25) is 0 Å². The summed E-state index contributed by atoms with van der Waals surface area (Å²) < 4.78 is 5.38. The number of piperidine rings is 1. The summed E-state index contributed by atoms with van der Waals surface area (Å²) in [7, 11) is 0. The van der Waals surface area contributed by atoms with E-state index in [-0.39, 0.29) is 18.6 Å². The van der Waals surface area contributed by atoms with Crippen LogP contribution in [0.5, 0.6) is 0 Å². The minimum Gasteiger partial charge on any atom is -0.445 e. The Kier molecular flexibility index (Phi) is 5.43. The summed E-state index contributed by atoms with van der Waals surface area (Å²) in [5.41, 5.74) is 0.951. The SMILES string of the molecule is O=C(C1CSCN1C(=O)OCc1ccccc1)N1CCCCC1. The molecule has 0 aromatic heterocycles. The Hall–Kier alpha value is -1.69. The highest BCUT2D eigenvalue weighted by Crippen LogP contribution is 2.24. The first-order chi connectivity index (χ1) is 11.3. The van der Waals surface area contributed by atoms with Gasteiger partial charge < -0.3 is 9.64 Å². The number of hydrogen-bond donors (Lipinski definition) is 0. The van der Waals surface area contributed by atoms with Crippen LogP contribution in [0.3, 0.4) is 0 Å². The van der Waals surface area contributed by atoms with E-state index >= 15 is 0 Å². The van der Waals surface area contributed by atoms with E-state index in [1.165, 1.54) is 6.42 Å². The summed E-state index contributed by atoms with van der Waals surface area (Å²) in [6.45, 7) is 1.87. The average molecular weight is 334 g/mol. The van der Waals surface area contributed by atoms with Gasteiger partial charge in [-0.2, -0.15) is 0 Å². The molecule has 1 unspecified atom stereocenters. The molecule has 0 N–H and O–H groups in total.